The third-order valence-electron chi connectivity index (χ3n) is 19.8. The number of methoxy groups -OCH3 is 5. The van der Waals surface area contributed by atoms with Gasteiger partial charge in [-0.05, 0) is 93.5 Å². The van der Waals surface area contributed by atoms with Crippen molar-refractivity contribution in [2.75, 3.05) is 78.3 Å². The first-order valence-corrected chi connectivity index (χ1v) is 38.7. The van der Waals surface area contributed by atoms with Gasteiger partial charge < -0.3 is 121 Å². The highest BCUT2D eigenvalue weighted by Gasteiger charge is 2.58. The number of rotatable bonds is 32. The lowest BCUT2D eigenvalue weighted by Gasteiger charge is -2.43. The maximum atomic E-state index is 14.8. The number of carbonyl (C=O) groups excluding carboxylic acids is 14. The summed E-state index contributed by atoms with van der Waals surface area (Å²) in [6.45, 7) is 7.94. The SMILES string of the molecule is C#CCNC(=O)c1cc(COC(=O)N2c3cc(OCCCCCOc4cc5c(cc4OC)C(=O)N4C=C(C)C[C@H]4C(O)N5C(=O)OCc4ccc(O[C@@H]5O[C@H](C(=O)OC)[C@@H](OC(C)=O)[C@H](OC(C)=O)[C@H]5OC(C)=O)c(C(=O)NCCOC)c4)c(OC)cc3C(=O)N3C=C(C)C[C@H]3C2O)ccc1O[C@@H]1O[C@H](C(=O)OC)[C@@H](OC(C)=O)[C@H](OC(C)=O)[C@H]1OC(C)=O. The molecule has 14 atom stereocenters. The summed E-state index contributed by atoms with van der Waals surface area (Å²) in [4.78, 5) is 193. The van der Waals surface area contributed by atoms with Gasteiger partial charge in [-0.15, -0.1) is 6.42 Å². The Morgan fingerprint density at radius 3 is 1.22 bits per heavy atom. The van der Waals surface area contributed by atoms with Gasteiger partial charge in [-0.2, -0.15) is 0 Å². The molecule has 4 aromatic rings. The number of ether oxygens (including phenoxy) is 19. The van der Waals surface area contributed by atoms with Crippen molar-refractivity contribution in [3.63, 3.8) is 0 Å². The molecule has 6 aliphatic heterocycles. The minimum Gasteiger partial charge on any atom is -0.493 e. The number of fused-ring (bicyclic) bond motifs is 4. The van der Waals surface area contributed by atoms with Crippen LogP contribution in [0.2, 0.25) is 0 Å². The number of carbonyl (C=O) groups is 14. The smallest absolute Gasteiger partial charge is 0.416 e. The molecule has 2 saturated heterocycles. The highest BCUT2D eigenvalue weighted by Crippen LogP contribution is 2.46. The minimum atomic E-state index is -1.90. The Kier molecular flexibility index (Phi) is 31.1. The second-order valence-electron chi connectivity index (χ2n) is 28.8. The lowest BCUT2D eigenvalue weighted by Crippen LogP contribution is -2.64. The molecular formula is C83H94N6O35. The molecule has 10 rings (SSSR count). The highest BCUT2D eigenvalue weighted by molar-refractivity contribution is 6.08. The zero-order chi connectivity index (χ0) is 90.2. The van der Waals surface area contributed by atoms with Crippen molar-refractivity contribution in [3.05, 3.63) is 118 Å². The van der Waals surface area contributed by atoms with Crippen molar-refractivity contribution in [1.29, 1.82) is 0 Å². The van der Waals surface area contributed by atoms with E-state index in [1.54, 1.807) is 26.2 Å². The Morgan fingerprint density at radius 2 is 0.855 bits per heavy atom. The molecule has 124 heavy (non-hydrogen) atoms. The van der Waals surface area contributed by atoms with Gasteiger partial charge in [0.1, 0.15) is 24.7 Å². The third kappa shape index (κ3) is 21.6. The number of unbranched alkanes of at least 4 members (excludes halogenated alkanes) is 2. The van der Waals surface area contributed by atoms with Gasteiger partial charge in [0.25, 0.3) is 23.6 Å². The first-order chi connectivity index (χ1) is 59.1. The van der Waals surface area contributed by atoms with E-state index in [9.17, 15) is 77.3 Å². The first-order valence-electron chi connectivity index (χ1n) is 38.7. The monoisotopic (exact) mass is 1730 g/mol. The summed E-state index contributed by atoms with van der Waals surface area (Å²) in [5, 5.41) is 29.7. The van der Waals surface area contributed by atoms with Crippen LogP contribution in [-0.2, 0) is 113 Å². The summed E-state index contributed by atoms with van der Waals surface area (Å²) in [7, 11) is 6.05. The lowest BCUT2D eigenvalue weighted by molar-refractivity contribution is -0.282. The third-order valence-corrected chi connectivity index (χ3v) is 19.8. The van der Waals surface area contributed by atoms with Gasteiger partial charge in [0.15, 0.2) is 72.1 Å². The summed E-state index contributed by atoms with van der Waals surface area (Å²) in [6.07, 6.45) is -14.0. The zero-order valence-corrected chi connectivity index (χ0v) is 69.7. The number of benzene rings is 4. The maximum Gasteiger partial charge on any atom is 0.416 e. The fraction of sp³-hybridized carbons (Fsp3) is 0.470. The number of nitrogens with zero attached hydrogens (tertiary/aromatic N) is 4. The number of amides is 6. The van der Waals surface area contributed by atoms with Crippen LogP contribution in [0.15, 0.2) is 84.2 Å². The molecule has 0 saturated carbocycles. The van der Waals surface area contributed by atoms with E-state index in [0.717, 1.165) is 65.6 Å². The minimum absolute atomic E-state index is 0.00602. The molecule has 2 unspecified atom stereocenters. The molecule has 0 bridgehead atoms. The van der Waals surface area contributed by atoms with Crippen LogP contribution in [0, 0.1) is 12.3 Å². The second kappa shape index (κ2) is 41.5. The van der Waals surface area contributed by atoms with Crippen LogP contribution in [0.25, 0.3) is 0 Å². The van der Waals surface area contributed by atoms with Crippen LogP contribution in [0.4, 0.5) is 21.0 Å². The molecular weight excluding hydrogens is 1640 g/mol. The van der Waals surface area contributed by atoms with E-state index in [1.165, 1.54) is 91.8 Å². The molecule has 6 heterocycles. The zero-order valence-electron chi connectivity index (χ0n) is 69.7. The average molecular weight is 1740 g/mol. The van der Waals surface area contributed by atoms with Crippen LogP contribution in [0.3, 0.4) is 0 Å². The van der Waals surface area contributed by atoms with Crippen LogP contribution in [-0.4, -0.2) is 258 Å². The Balaban J connectivity index is 0.850. The molecule has 6 aliphatic rings. The Morgan fingerprint density at radius 1 is 0.476 bits per heavy atom. The van der Waals surface area contributed by atoms with Crippen molar-refractivity contribution in [2.45, 2.75) is 187 Å². The van der Waals surface area contributed by atoms with Crippen molar-refractivity contribution in [3.8, 4) is 46.8 Å². The van der Waals surface area contributed by atoms with Gasteiger partial charge in [-0.25, -0.2) is 29.0 Å². The van der Waals surface area contributed by atoms with E-state index in [-0.39, 0.29) is 125 Å². The summed E-state index contributed by atoms with van der Waals surface area (Å²) < 4.78 is 108. The molecule has 4 aromatic carbocycles. The number of nitrogens with one attached hydrogen (secondary N) is 2. The number of aliphatic hydroxyl groups excluding tert-OH is 2. The number of terminal acetylenes is 1. The largest absolute Gasteiger partial charge is 0.493 e. The molecule has 6 amide bonds. The van der Waals surface area contributed by atoms with Crippen LogP contribution in [0.1, 0.15) is 140 Å². The van der Waals surface area contributed by atoms with Gasteiger partial charge >= 0.3 is 59.9 Å². The van der Waals surface area contributed by atoms with Gasteiger partial charge in [0, 0.05) is 79.7 Å². The average Bonchev–Trinajstić information content (AvgIpc) is 1.64. The van der Waals surface area contributed by atoms with Gasteiger partial charge in [0.2, 0.25) is 24.8 Å². The first kappa shape index (κ1) is 93.0. The normalized spacial score (nSPS) is 22.8. The molecule has 4 N–H and O–H groups in total. The molecule has 0 aliphatic carbocycles. The molecule has 0 spiro atoms. The Hall–Kier alpha value is -13.3. The summed E-state index contributed by atoms with van der Waals surface area (Å²) in [6, 6.07) is 11.0. The van der Waals surface area contributed by atoms with Crippen molar-refractivity contribution >= 4 is 94.9 Å². The maximum absolute atomic E-state index is 14.8. The quantitative estimate of drug-likeness (QED) is 0.0228. The van der Waals surface area contributed by atoms with Gasteiger partial charge in [-0.1, -0.05) is 29.2 Å². The Bertz CT molecular complexity index is 4880. The standard InChI is InChI=1S/C83H94N6O35/c1-15-23-84-72(96)52-30-48(19-21-58(52)121-80-70(119-46(8)94)66(117-44(6)92)64(115-42(4)90)68(123-80)78(102)109-13)38-113-82(104)88-54-34-62(60(107-11)32-50(54)74(98)86-36-40(2)28-56(86)76(88)100)111-25-17-16-18-26-112-63-35-55-51(33-61(63)108-12)75(99)87-37-41(3)29-57(87)77(101)89(55)83(105)114-39-49-20-22-59(53(31-49)73(97)85-24-27-106-10)122-81-71(120-47(9)95)67(118-45(7)93)65(116-43(5)91)69(124-81)79(103)110-14/h1,19-22,30-37,56-57,64-71,76-77,80-81,100-101H,16-18,23-29,38-39H2,2-14H3,(H,84,96)(H,85,97)/t56-,57-,64-,65-,66-,67-,68-,69-,70+,71+,76?,77?,80+,81+/m0/s1. The fourth-order valence-corrected chi connectivity index (χ4v) is 14.5. The molecule has 2 fully saturated rings. The Labute approximate surface area is 709 Å². The second-order valence-corrected chi connectivity index (χ2v) is 28.8. The number of aliphatic hydroxyl groups is 2. The van der Waals surface area contributed by atoms with Crippen LogP contribution >= 0.6 is 0 Å². The van der Waals surface area contributed by atoms with E-state index in [2.05, 4.69) is 16.6 Å². The van der Waals surface area contributed by atoms with Gasteiger partial charge in [-0.3, -0.25) is 47.9 Å². The summed E-state index contributed by atoms with van der Waals surface area (Å²) in [5.41, 5.74) is 0.592. The summed E-state index contributed by atoms with van der Waals surface area (Å²) >= 11 is 0. The molecule has 666 valence electrons. The highest BCUT2D eigenvalue weighted by atomic mass is 16.8. The fourth-order valence-electron chi connectivity index (χ4n) is 14.5. The van der Waals surface area contributed by atoms with E-state index >= 15 is 0 Å². The van der Waals surface area contributed by atoms with Crippen LogP contribution < -0.4 is 48.9 Å². The van der Waals surface area contributed by atoms with Crippen molar-refractivity contribution in [1.82, 2.24) is 20.4 Å². The number of hydrogen-bond acceptors (Lipinski definition) is 35. The van der Waals surface area contributed by atoms with E-state index in [0.29, 0.717) is 30.4 Å². The topological polar surface area (TPSA) is 492 Å². The molecule has 41 heteroatoms. The number of hydrogen-bond donors (Lipinski definition) is 4. The molecule has 41 nitrogen and oxygen atoms in total. The summed E-state index contributed by atoms with van der Waals surface area (Å²) in [5.74, 6) is -9.04. The lowest BCUT2D eigenvalue weighted by atomic mass is 9.97. The van der Waals surface area contributed by atoms with Crippen LogP contribution in [0.5, 0.6) is 34.5 Å². The molecule has 0 aromatic heterocycles. The van der Waals surface area contributed by atoms with Crippen molar-refractivity contribution < 1.29 is 167 Å². The number of esters is 8. The number of anilines is 2. The van der Waals surface area contributed by atoms with E-state index in [1.807, 2.05) is 0 Å². The van der Waals surface area contributed by atoms with Gasteiger partial charge in [0.05, 0.1) is 101 Å². The van der Waals surface area contributed by atoms with E-state index < -0.39 is 183 Å². The predicted molar refractivity (Wildman–Crippen MR) is 419 cm³/mol. The van der Waals surface area contributed by atoms with E-state index in [4.69, 9.17) is 96.4 Å². The molecule has 0 radical (unpaired) electrons. The van der Waals surface area contributed by atoms with Crippen molar-refractivity contribution in [2.24, 2.45) is 0 Å². The predicted octanol–water partition coefficient (Wildman–Crippen LogP) is 4.40.